The summed E-state index contributed by atoms with van der Waals surface area (Å²) in [6, 6.07) is 6.58. The van der Waals surface area contributed by atoms with Crippen LogP contribution in [0.3, 0.4) is 0 Å². The summed E-state index contributed by atoms with van der Waals surface area (Å²) in [4.78, 5) is 11.5. The van der Waals surface area contributed by atoms with Gasteiger partial charge in [-0.05, 0) is 18.2 Å². The van der Waals surface area contributed by atoms with Gasteiger partial charge < -0.3 is 11.1 Å². The fourth-order valence-corrected chi connectivity index (χ4v) is 1.53. The molecule has 7 heteroatoms. The highest BCUT2D eigenvalue weighted by Crippen LogP contribution is 2.13. The molecule has 4 N–H and O–H groups in total. The second-order valence-corrected chi connectivity index (χ2v) is 3.77. The van der Waals surface area contributed by atoms with Crippen LogP contribution in [0.1, 0.15) is 0 Å². The van der Waals surface area contributed by atoms with Gasteiger partial charge in [0.05, 0.1) is 6.20 Å². The van der Waals surface area contributed by atoms with Crippen molar-refractivity contribution in [3.8, 4) is 0 Å². The molecule has 0 saturated heterocycles. The molecule has 16 heavy (non-hydrogen) atoms. The van der Waals surface area contributed by atoms with Gasteiger partial charge in [-0.3, -0.25) is 5.32 Å². The van der Waals surface area contributed by atoms with Gasteiger partial charge in [-0.1, -0.05) is 10.6 Å². The van der Waals surface area contributed by atoms with Gasteiger partial charge in [0.1, 0.15) is 5.00 Å². The number of hydrogen-bond acceptors (Lipinski definition) is 5. The van der Waals surface area contributed by atoms with Crippen LogP contribution < -0.4 is 16.4 Å². The van der Waals surface area contributed by atoms with Gasteiger partial charge in [0.25, 0.3) is 0 Å². The Hall–Kier alpha value is -2.15. The lowest BCUT2D eigenvalue weighted by molar-refractivity contribution is 0.262. The van der Waals surface area contributed by atoms with Gasteiger partial charge >= 0.3 is 6.03 Å². The molecule has 0 atom stereocenters. The van der Waals surface area contributed by atoms with E-state index in [1.54, 1.807) is 24.3 Å². The maximum Gasteiger partial charge on any atom is 0.324 e. The molecule has 6 nitrogen and oxygen atoms in total. The Morgan fingerprint density at radius 2 is 2.25 bits per heavy atom. The summed E-state index contributed by atoms with van der Waals surface area (Å²) in [5, 5.41) is 9.42. The van der Waals surface area contributed by atoms with Crippen LogP contribution in [0, 0.1) is 0 Å². The zero-order valence-corrected chi connectivity index (χ0v) is 8.99. The standard InChI is InChI=1S/C9H9N5OS/c10-6-2-1-3-7(4-6)12-9(15)13-8-5-11-14-16-8/h1-5H,10H2,(H2,12,13,15). The molecule has 2 amide bonds. The van der Waals surface area contributed by atoms with Gasteiger partial charge in [0.15, 0.2) is 0 Å². The van der Waals surface area contributed by atoms with E-state index in [9.17, 15) is 4.79 Å². The number of benzene rings is 1. The van der Waals surface area contributed by atoms with Crippen molar-refractivity contribution in [1.29, 1.82) is 0 Å². The molecule has 0 radical (unpaired) electrons. The molecule has 0 aliphatic rings. The molecule has 0 saturated carbocycles. The highest BCUT2D eigenvalue weighted by molar-refractivity contribution is 7.10. The van der Waals surface area contributed by atoms with Crippen molar-refractivity contribution in [2.45, 2.75) is 0 Å². The normalized spacial score (nSPS) is 9.75. The van der Waals surface area contributed by atoms with Crippen LogP contribution in [0.2, 0.25) is 0 Å². The number of nitrogen functional groups attached to an aromatic ring is 1. The first-order valence-corrected chi connectivity index (χ1v) is 5.22. The Labute approximate surface area is 95.6 Å². The Bertz CT molecular complexity index is 484. The fourth-order valence-electron chi connectivity index (χ4n) is 1.11. The predicted molar refractivity (Wildman–Crippen MR) is 63.4 cm³/mol. The first-order valence-electron chi connectivity index (χ1n) is 4.45. The van der Waals surface area contributed by atoms with E-state index in [2.05, 4.69) is 20.2 Å². The van der Waals surface area contributed by atoms with Gasteiger partial charge in [0.2, 0.25) is 0 Å². The minimum Gasteiger partial charge on any atom is -0.399 e. The van der Waals surface area contributed by atoms with Crippen LogP contribution in [-0.4, -0.2) is 15.6 Å². The molecule has 2 aromatic rings. The SMILES string of the molecule is Nc1cccc(NC(=O)Nc2cnns2)c1. The molecule has 1 heterocycles. The molecule has 0 fully saturated rings. The van der Waals surface area contributed by atoms with Crippen LogP contribution in [0.15, 0.2) is 30.5 Å². The van der Waals surface area contributed by atoms with Crippen molar-refractivity contribution in [3.63, 3.8) is 0 Å². The Morgan fingerprint density at radius 1 is 1.38 bits per heavy atom. The monoisotopic (exact) mass is 235 g/mol. The average Bonchev–Trinajstić information content (AvgIpc) is 2.70. The van der Waals surface area contributed by atoms with E-state index < -0.39 is 0 Å². The summed E-state index contributed by atoms with van der Waals surface area (Å²) in [5.74, 6) is 0. The molecule has 1 aromatic carbocycles. The lowest BCUT2D eigenvalue weighted by atomic mass is 10.3. The van der Waals surface area contributed by atoms with E-state index >= 15 is 0 Å². The van der Waals surface area contributed by atoms with Gasteiger partial charge in [-0.15, -0.1) is 5.10 Å². The molecular formula is C9H9N5OS. The van der Waals surface area contributed by atoms with Gasteiger partial charge in [0, 0.05) is 22.9 Å². The molecule has 0 bridgehead atoms. The minimum atomic E-state index is -0.350. The number of nitrogens with zero attached hydrogens (tertiary/aromatic N) is 2. The summed E-state index contributed by atoms with van der Waals surface area (Å²) >= 11 is 1.11. The van der Waals surface area contributed by atoms with Crippen molar-refractivity contribution in [2.24, 2.45) is 0 Å². The van der Waals surface area contributed by atoms with Crippen LogP contribution in [0.25, 0.3) is 0 Å². The van der Waals surface area contributed by atoms with Crippen molar-refractivity contribution < 1.29 is 4.79 Å². The summed E-state index contributed by atoms with van der Waals surface area (Å²) in [5.41, 5.74) is 6.81. The number of nitrogens with two attached hydrogens (primary N) is 1. The largest absolute Gasteiger partial charge is 0.399 e. The van der Waals surface area contributed by atoms with Crippen molar-refractivity contribution in [1.82, 2.24) is 9.59 Å². The number of anilines is 3. The lowest BCUT2D eigenvalue weighted by Gasteiger charge is -2.05. The predicted octanol–water partition coefficient (Wildman–Crippen LogP) is 1.76. The molecular weight excluding hydrogens is 226 g/mol. The lowest BCUT2D eigenvalue weighted by Crippen LogP contribution is -2.18. The van der Waals surface area contributed by atoms with Gasteiger partial charge in [-0.2, -0.15) is 0 Å². The van der Waals surface area contributed by atoms with Crippen LogP contribution in [0.5, 0.6) is 0 Å². The van der Waals surface area contributed by atoms with E-state index in [0.717, 1.165) is 11.5 Å². The van der Waals surface area contributed by atoms with E-state index in [1.807, 2.05) is 0 Å². The van der Waals surface area contributed by atoms with Crippen LogP contribution in [-0.2, 0) is 0 Å². The smallest absolute Gasteiger partial charge is 0.324 e. The van der Waals surface area contributed by atoms with E-state index in [4.69, 9.17) is 5.73 Å². The topological polar surface area (TPSA) is 92.9 Å². The van der Waals surface area contributed by atoms with E-state index in [1.165, 1.54) is 6.20 Å². The maximum absolute atomic E-state index is 11.5. The summed E-state index contributed by atoms with van der Waals surface area (Å²) in [6.07, 6.45) is 1.48. The van der Waals surface area contributed by atoms with Crippen molar-refractivity contribution >= 4 is 33.9 Å². The first kappa shape index (κ1) is 10.4. The highest BCUT2D eigenvalue weighted by atomic mass is 32.1. The first-order chi connectivity index (χ1) is 7.74. The third-order valence-corrected chi connectivity index (χ3v) is 2.32. The van der Waals surface area contributed by atoms with Crippen LogP contribution >= 0.6 is 11.5 Å². The Morgan fingerprint density at radius 3 is 2.94 bits per heavy atom. The molecule has 0 spiro atoms. The number of nitrogens with one attached hydrogen (secondary N) is 2. The number of carbonyl (C=O) groups excluding carboxylic acids is 1. The molecule has 1 aromatic heterocycles. The van der Waals surface area contributed by atoms with Gasteiger partial charge in [-0.25, -0.2) is 4.79 Å². The van der Waals surface area contributed by atoms with Crippen molar-refractivity contribution in [3.05, 3.63) is 30.5 Å². The van der Waals surface area contributed by atoms with Crippen LogP contribution in [0.4, 0.5) is 21.2 Å². The third-order valence-electron chi connectivity index (χ3n) is 1.74. The van der Waals surface area contributed by atoms with E-state index in [-0.39, 0.29) is 6.03 Å². The quantitative estimate of drug-likeness (QED) is 0.691. The Balaban J connectivity index is 1.97. The Kier molecular flexibility index (Phi) is 2.97. The number of amides is 2. The zero-order chi connectivity index (χ0) is 11.4. The summed E-state index contributed by atoms with van der Waals surface area (Å²) < 4.78 is 3.63. The number of aromatic nitrogens is 2. The fraction of sp³-hybridized carbons (Fsp3) is 0. The number of urea groups is 1. The number of hydrogen-bond donors (Lipinski definition) is 3. The second-order valence-electron chi connectivity index (χ2n) is 2.99. The maximum atomic E-state index is 11.5. The molecule has 0 aliphatic heterocycles. The molecule has 0 unspecified atom stereocenters. The highest BCUT2D eigenvalue weighted by Gasteiger charge is 2.03. The summed E-state index contributed by atoms with van der Waals surface area (Å²) in [6.45, 7) is 0. The van der Waals surface area contributed by atoms with Crippen molar-refractivity contribution in [2.75, 3.05) is 16.4 Å². The zero-order valence-electron chi connectivity index (χ0n) is 8.18. The molecule has 2 rings (SSSR count). The number of carbonyl (C=O) groups is 1. The second kappa shape index (κ2) is 4.58. The van der Waals surface area contributed by atoms with E-state index in [0.29, 0.717) is 16.4 Å². The third kappa shape index (κ3) is 2.67. The average molecular weight is 235 g/mol. The molecule has 82 valence electrons. The summed E-state index contributed by atoms with van der Waals surface area (Å²) in [7, 11) is 0. The number of rotatable bonds is 2. The minimum absolute atomic E-state index is 0.350. The molecule has 0 aliphatic carbocycles.